The molecule has 0 N–H and O–H groups in total. The first-order chi connectivity index (χ1) is 28.6. The van der Waals surface area contributed by atoms with Gasteiger partial charge in [0.2, 0.25) is 0 Å². The summed E-state index contributed by atoms with van der Waals surface area (Å²) in [6, 6.07) is 33.0. The third-order valence-corrected chi connectivity index (χ3v) is 12.0. The lowest BCUT2D eigenvalue weighted by atomic mass is 9.84. The molecule has 1 unspecified atom stereocenters. The molecule has 308 valence electrons. The Kier molecular flexibility index (Phi) is 13.2. The number of fused-ring (bicyclic) bond motifs is 2. The molecule has 0 bridgehead atoms. The minimum absolute atomic E-state index is 0.0400. The van der Waals surface area contributed by atoms with Crippen molar-refractivity contribution < 1.29 is 36.3 Å². The van der Waals surface area contributed by atoms with Gasteiger partial charge >= 0.3 is 16.3 Å². The molecule has 1 aliphatic heterocycles. The smallest absolute Gasteiger partial charge is 0.385 e. The number of ether oxygens (including phenoxy) is 4. The molecule has 0 radical (unpaired) electrons. The van der Waals surface area contributed by atoms with Gasteiger partial charge in [-0.05, 0) is 96.3 Å². The van der Waals surface area contributed by atoms with Gasteiger partial charge in [0, 0.05) is 38.2 Å². The molecule has 13 heteroatoms. The summed E-state index contributed by atoms with van der Waals surface area (Å²) in [5.74, 6) is 0.663. The molecule has 0 saturated heterocycles. The van der Waals surface area contributed by atoms with Crippen LogP contribution in [-0.4, -0.2) is 54.0 Å². The van der Waals surface area contributed by atoms with Crippen LogP contribution in [0.5, 0.6) is 17.2 Å². The summed E-state index contributed by atoms with van der Waals surface area (Å²) < 4.78 is 59.1. The van der Waals surface area contributed by atoms with Gasteiger partial charge in [-0.1, -0.05) is 84.1 Å². The van der Waals surface area contributed by atoms with Gasteiger partial charge in [0.1, 0.15) is 34.9 Å². The van der Waals surface area contributed by atoms with Crippen molar-refractivity contribution in [3.8, 4) is 17.2 Å². The van der Waals surface area contributed by atoms with E-state index in [-0.39, 0.29) is 31.2 Å². The van der Waals surface area contributed by atoms with E-state index in [1.54, 1.807) is 16.8 Å². The third-order valence-electron chi connectivity index (χ3n) is 10.7. The van der Waals surface area contributed by atoms with Crippen LogP contribution < -0.4 is 13.7 Å². The zero-order valence-corrected chi connectivity index (χ0v) is 34.7. The summed E-state index contributed by atoms with van der Waals surface area (Å²) in [5, 5.41) is 8.82. The molecule has 1 atom stereocenters. The molecule has 0 aliphatic carbocycles. The molecule has 0 spiro atoms. The molecule has 5 aromatic carbocycles. The number of benzene rings is 5. The summed E-state index contributed by atoms with van der Waals surface area (Å²) in [6.45, 7) is 6.18. The largest absolute Gasteiger partial charge is 0.491 e. The fraction of sp³-hybridized carbons (Fsp3) is 0.326. The van der Waals surface area contributed by atoms with Crippen LogP contribution in [0.2, 0.25) is 0 Å². The van der Waals surface area contributed by atoms with Crippen molar-refractivity contribution >= 4 is 27.3 Å². The fourth-order valence-corrected chi connectivity index (χ4v) is 8.42. The molecular weight excluding hydrogens is 769 g/mol. The highest BCUT2D eigenvalue weighted by molar-refractivity contribution is 7.84. The topological polar surface area (TPSA) is 131 Å². The second-order valence-electron chi connectivity index (χ2n) is 14.8. The SMILES string of the molecule is COC(=O)CC(c1ccc(C)c(CN2Cc3cc(OCc4ccccc4)ccc3OS2(=O)=O)c1)c1cc(OCCCCCOCc2ccccc2)c2c(nnn2C)c1C. The van der Waals surface area contributed by atoms with Crippen molar-refractivity contribution in [3.63, 3.8) is 0 Å². The number of rotatable bonds is 18. The van der Waals surface area contributed by atoms with Crippen molar-refractivity contribution in [1.29, 1.82) is 0 Å². The van der Waals surface area contributed by atoms with E-state index in [9.17, 15) is 13.2 Å². The molecule has 7 rings (SSSR count). The number of nitrogens with zero attached hydrogens (tertiary/aromatic N) is 4. The lowest BCUT2D eigenvalue weighted by molar-refractivity contribution is -0.140. The van der Waals surface area contributed by atoms with Gasteiger partial charge in [-0.3, -0.25) is 4.79 Å². The Hall–Kier alpha value is -5.76. The summed E-state index contributed by atoms with van der Waals surface area (Å²) in [7, 11) is -0.910. The average Bonchev–Trinajstić information content (AvgIpc) is 3.64. The lowest BCUT2D eigenvalue weighted by Gasteiger charge is -2.29. The third kappa shape index (κ3) is 10.1. The van der Waals surface area contributed by atoms with Crippen molar-refractivity contribution in [2.75, 3.05) is 20.3 Å². The Labute approximate surface area is 345 Å². The van der Waals surface area contributed by atoms with E-state index in [4.69, 9.17) is 23.1 Å². The van der Waals surface area contributed by atoms with E-state index in [1.807, 2.05) is 99.8 Å². The zero-order valence-electron chi connectivity index (χ0n) is 33.9. The first kappa shape index (κ1) is 41.4. The minimum Gasteiger partial charge on any atom is -0.491 e. The standard InChI is InChI=1S/C46H50N4O8S/c1-32-18-19-36(24-37(32)28-50-29-38-25-39(20-21-42(38)58-59(50,52)53)57-31-35-16-10-6-11-17-35)41(27-44(51)54-4)40-26-43(46-45(33(40)2)47-48-49(46)3)56-23-13-7-12-22-55-30-34-14-8-5-9-15-34/h5-6,8-11,14-21,24-26,41H,7,12-13,22-23,27-31H2,1-4H3. The van der Waals surface area contributed by atoms with E-state index >= 15 is 0 Å². The number of aromatic nitrogens is 3. The van der Waals surface area contributed by atoms with E-state index in [1.165, 1.54) is 11.4 Å². The molecule has 59 heavy (non-hydrogen) atoms. The van der Waals surface area contributed by atoms with E-state index < -0.39 is 16.2 Å². The van der Waals surface area contributed by atoms with Gasteiger partial charge in [0.25, 0.3) is 0 Å². The number of esters is 1. The molecular formula is C46H50N4O8S. The van der Waals surface area contributed by atoms with E-state index in [0.717, 1.165) is 63.7 Å². The van der Waals surface area contributed by atoms with Crippen molar-refractivity contribution in [2.45, 2.75) is 71.8 Å². The van der Waals surface area contributed by atoms with Crippen LogP contribution in [0.4, 0.5) is 0 Å². The van der Waals surface area contributed by atoms with Crippen LogP contribution >= 0.6 is 0 Å². The van der Waals surface area contributed by atoms with Crippen LogP contribution in [-0.2, 0) is 57.9 Å². The monoisotopic (exact) mass is 818 g/mol. The average molecular weight is 819 g/mol. The maximum Gasteiger partial charge on any atom is 0.385 e. The van der Waals surface area contributed by atoms with Gasteiger partial charge in [0.15, 0.2) is 0 Å². The summed E-state index contributed by atoms with van der Waals surface area (Å²) in [4.78, 5) is 13.0. The number of aryl methyl sites for hydroxylation is 3. The van der Waals surface area contributed by atoms with Gasteiger partial charge < -0.3 is 23.1 Å². The second kappa shape index (κ2) is 18.9. The van der Waals surface area contributed by atoms with Crippen molar-refractivity contribution in [2.24, 2.45) is 7.05 Å². The molecule has 2 heterocycles. The molecule has 0 amide bonds. The molecule has 6 aromatic rings. The number of carbonyl (C=O) groups excluding carboxylic acids is 1. The molecule has 1 aliphatic rings. The maximum absolute atomic E-state index is 13.5. The normalized spacial score (nSPS) is 14.0. The van der Waals surface area contributed by atoms with Crippen LogP contribution in [0.3, 0.4) is 0 Å². The molecule has 0 saturated carbocycles. The second-order valence-corrected chi connectivity index (χ2v) is 16.4. The van der Waals surface area contributed by atoms with Crippen LogP contribution in [0.25, 0.3) is 11.0 Å². The predicted octanol–water partition coefficient (Wildman–Crippen LogP) is 8.26. The zero-order chi connectivity index (χ0) is 41.4. The highest BCUT2D eigenvalue weighted by Crippen LogP contribution is 2.39. The Bertz CT molecular complexity index is 2490. The van der Waals surface area contributed by atoms with E-state index in [2.05, 4.69) is 22.4 Å². The molecule has 1 aromatic heterocycles. The fourth-order valence-electron chi connectivity index (χ4n) is 7.33. The number of hydrogen-bond donors (Lipinski definition) is 0. The summed E-state index contributed by atoms with van der Waals surface area (Å²) >= 11 is 0. The Balaban J connectivity index is 1.09. The first-order valence-electron chi connectivity index (χ1n) is 19.8. The maximum atomic E-state index is 13.5. The van der Waals surface area contributed by atoms with Gasteiger partial charge in [-0.15, -0.1) is 5.10 Å². The van der Waals surface area contributed by atoms with Crippen molar-refractivity contribution in [1.82, 2.24) is 19.3 Å². The Morgan fingerprint density at radius 1 is 0.847 bits per heavy atom. The lowest BCUT2D eigenvalue weighted by Crippen LogP contribution is -2.37. The number of unbranched alkanes of at least 4 members (excludes halogenated alkanes) is 2. The molecule has 12 nitrogen and oxygen atoms in total. The predicted molar refractivity (Wildman–Crippen MR) is 224 cm³/mol. The summed E-state index contributed by atoms with van der Waals surface area (Å²) in [5.41, 5.74) is 8.50. The molecule has 0 fully saturated rings. The Morgan fingerprint density at radius 3 is 2.32 bits per heavy atom. The van der Waals surface area contributed by atoms with Crippen LogP contribution in [0.1, 0.15) is 76.1 Å². The van der Waals surface area contributed by atoms with Gasteiger partial charge in [-0.25, -0.2) is 4.68 Å². The van der Waals surface area contributed by atoms with Gasteiger partial charge in [-0.2, -0.15) is 12.7 Å². The summed E-state index contributed by atoms with van der Waals surface area (Å²) in [6.07, 6.45) is 2.71. The quantitative estimate of drug-likeness (QED) is 0.0617. The van der Waals surface area contributed by atoms with Crippen LogP contribution in [0, 0.1) is 13.8 Å². The Morgan fingerprint density at radius 2 is 1.58 bits per heavy atom. The highest BCUT2D eigenvalue weighted by Gasteiger charge is 2.33. The number of methoxy groups -OCH3 is 1. The van der Waals surface area contributed by atoms with Gasteiger partial charge in [0.05, 0.1) is 26.7 Å². The highest BCUT2D eigenvalue weighted by atomic mass is 32.2. The first-order valence-corrected chi connectivity index (χ1v) is 21.2. The minimum atomic E-state index is -4.11. The number of hydrogen-bond acceptors (Lipinski definition) is 10. The van der Waals surface area contributed by atoms with Crippen molar-refractivity contribution in [3.05, 3.63) is 148 Å². The van der Waals surface area contributed by atoms with E-state index in [0.29, 0.717) is 49.0 Å². The van der Waals surface area contributed by atoms with Crippen LogP contribution in [0.15, 0.2) is 103 Å². The number of carbonyl (C=O) groups is 1.